The second-order valence-electron chi connectivity index (χ2n) is 8.52. The molecule has 1 aromatic heterocycles. The quantitative estimate of drug-likeness (QED) is 0.590. The van der Waals surface area contributed by atoms with Gasteiger partial charge in [-0.05, 0) is 69.2 Å². The van der Waals surface area contributed by atoms with Crippen LogP contribution in [0.2, 0.25) is 0 Å². The van der Waals surface area contributed by atoms with Crippen molar-refractivity contribution in [3.8, 4) is 5.75 Å². The van der Waals surface area contributed by atoms with Gasteiger partial charge in [0.05, 0.1) is 25.0 Å². The summed E-state index contributed by atoms with van der Waals surface area (Å²) in [6.07, 6.45) is 4.38. The Balaban J connectivity index is 1.67. The number of benzene rings is 1. The molecular formula is C25H31N3O4. The van der Waals surface area contributed by atoms with Crippen LogP contribution in [0.1, 0.15) is 37.5 Å². The summed E-state index contributed by atoms with van der Waals surface area (Å²) in [5, 5.41) is 0. The number of hydrogen-bond acceptors (Lipinski definition) is 6. The molecule has 0 spiro atoms. The zero-order chi connectivity index (χ0) is 22.7. The van der Waals surface area contributed by atoms with Crippen LogP contribution in [0.3, 0.4) is 0 Å². The number of rotatable bonds is 8. The first-order chi connectivity index (χ1) is 15.5. The second-order valence-corrected chi connectivity index (χ2v) is 8.52. The molecule has 2 aliphatic heterocycles. The average molecular weight is 438 g/mol. The van der Waals surface area contributed by atoms with Gasteiger partial charge >= 0.3 is 0 Å². The van der Waals surface area contributed by atoms with E-state index >= 15 is 0 Å². The minimum absolute atomic E-state index is 0.122. The number of likely N-dealkylation sites (N-methyl/N-ethyl adjacent to an activating group) is 1. The Labute approximate surface area is 189 Å². The summed E-state index contributed by atoms with van der Waals surface area (Å²) in [7, 11) is 4.05. The molecular weight excluding hydrogens is 406 g/mol. The summed E-state index contributed by atoms with van der Waals surface area (Å²) >= 11 is 0. The van der Waals surface area contributed by atoms with Crippen LogP contribution in [0.5, 0.6) is 5.75 Å². The highest BCUT2D eigenvalue weighted by molar-refractivity contribution is 6.35. The molecule has 170 valence electrons. The van der Waals surface area contributed by atoms with Gasteiger partial charge in [-0.3, -0.25) is 14.5 Å². The Morgan fingerprint density at radius 1 is 1.09 bits per heavy atom. The van der Waals surface area contributed by atoms with Gasteiger partial charge in [0.15, 0.2) is 0 Å². The Kier molecular flexibility index (Phi) is 6.65. The standard InChI is InChI=1S/C25H31N3O4/c1-4-15-31-20-9-7-18(8-10-20)22-23(27(3)19-11-13-26(2)14-12-19)25(30)28(24(22)29)17-21-6-5-16-32-21/h5-10,16,19H,4,11-15,17H2,1-3H3. The van der Waals surface area contributed by atoms with Crippen molar-refractivity contribution in [2.24, 2.45) is 0 Å². The zero-order valence-electron chi connectivity index (χ0n) is 19.0. The molecule has 2 aromatic rings. The van der Waals surface area contributed by atoms with Crippen LogP contribution in [-0.2, 0) is 16.1 Å². The molecule has 0 bridgehead atoms. The second kappa shape index (κ2) is 9.61. The highest BCUT2D eigenvalue weighted by atomic mass is 16.5. The lowest BCUT2D eigenvalue weighted by Crippen LogP contribution is -2.43. The number of furan rings is 1. The Bertz CT molecular complexity index is 973. The molecule has 0 unspecified atom stereocenters. The van der Waals surface area contributed by atoms with E-state index in [1.807, 2.05) is 36.2 Å². The van der Waals surface area contributed by atoms with Crippen molar-refractivity contribution >= 4 is 17.4 Å². The van der Waals surface area contributed by atoms with Gasteiger partial charge in [-0.25, -0.2) is 0 Å². The molecule has 0 saturated carbocycles. The molecule has 7 heteroatoms. The van der Waals surface area contributed by atoms with Crippen molar-refractivity contribution in [3.05, 3.63) is 59.7 Å². The molecule has 7 nitrogen and oxygen atoms in total. The van der Waals surface area contributed by atoms with Gasteiger partial charge in [-0.1, -0.05) is 19.1 Å². The first-order valence-electron chi connectivity index (χ1n) is 11.3. The molecule has 2 amide bonds. The van der Waals surface area contributed by atoms with E-state index in [0.29, 0.717) is 23.6 Å². The van der Waals surface area contributed by atoms with Crippen molar-refractivity contribution in [2.75, 3.05) is 33.8 Å². The first-order valence-corrected chi connectivity index (χ1v) is 11.3. The number of carbonyl (C=O) groups excluding carboxylic acids is 2. The molecule has 0 radical (unpaired) electrons. The lowest BCUT2D eigenvalue weighted by molar-refractivity contribution is -0.138. The smallest absolute Gasteiger partial charge is 0.278 e. The van der Waals surface area contributed by atoms with Crippen LogP contribution in [-0.4, -0.2) is 66.3 Å². The third kappa shape index (κ3) is 4.43. The van der Waals surface area contributed by atoms with E-state index in [1.165, 1.54) is 4.90 Å². The lowest BCUT2D eigenvalue weighted by atomic mass is 10.00. The molecule has 2 aliphatic rings. The average Bonchev–Trinajstić information content (AvgIpc) is 3.40. The van der Waals surface area contributed by atoms with Crippen LogP contribution in [0, 0.1) is 0 Å². The number of ether oxygens (including phenoxy) is 1. The zero-order valence-corrected chi connectivity index (χ0v) is 19.0. The molecule has 4 rings (SSSR count). The van der Waals surface area contributed by atoms with Crippen molar-refractivity contribution in [3.63, 3.8) is 0 Å². The van der Waals surface area contributed by atoms with E-state index in [1.54, 1.807) is 18.4 Å². The number of imide groups is 1. The van der Waals surface area contributed by atoms with Gasteiger partial charge in [-0.15, -0.1) is 0 Å². The number of likely N-dealkylation sites (tertiary alicyclic amines) is 1. The summed E-state index contributed by atoms with van der Waals surface area (Å²) < 4.78 is 11.1. The van der Waals surface area contributed by atoms with Gasteiger partial charge in [0.2, 0.25) is 0 Å². The molecule has 0 aliphatic carbocycles. The molecule has 3 heterocycles. The van der Waals surface area contributed by atoms with Crippen LogP contribution in [0.15, 0.2) is 52.8 Å². The number of nitrogens with zero attached hydrogens (tertiary/aromatic N) is 3. The molecule has 1 saturated heterocycles. The van der Waals surface area contributed by atoms with E-state index < -0.39 is 0 Å². The van der Waals surface area contributed by atoms with Crippen LogP contribution >= 0.6 is 0 Å². The maximum absolute atomic E-state index is 13.5. The number of hydrogen-bond donors (Lipinski definition) is 0. The van der Waals surface area contributed by atoms with E-state index in [4.69, 9.17) is 9.15 Å². The molecule has 32 heavy (non-hydrogen) atoms. The third-order valence-corrected chi connectivity index (χ3v) is 6.24. The van der Waals surface area contributed by atoms with Crippen LogP contribution < -0.4 is 4.74 Å². The van der Waals surface area contributed by atoms with E-state index in [9.17, 15) is 9.59 Å². The molecule has 1 aromatic carbocycles. The monoisotopic (exact) mass is 437 g/mol. The maximum atomic E-state index is 13.5. The fraction of sp³-hybridized carbons (Fsp3) is 0.440. The number of piperidine rings is 1. The minimum atomic E-state index is -0.289. The molecule has 1 fully saturated rings. The van der Waals surface area contributed by atoms with Crippen molar-refractivity contribution in [2.45, 2.75) is 38.8 Å². The Hall–Kier alpha value is -3.06. The Morgan fingerprint density at radius 3 is 2.44 bits per heavy atom. The van der Waals surface area contributed by atoms with Crippen molar-refractivity contribution in [1.82, 2.24) is 14.7 Å². The predicted octanol–water partition coefficient (Wildman–Crippen LogP) is 3.37. The summed E-state index contributed by atoms with van der Waals surface area (Å²) in [5.41, 5.74) is 1.65. The molecule has 0 N–H and O–H groups in total. The number of amides is 2. The SMILES string of the molecule is CCCOc1ccc(C2=C(N(C)C3CCN(C)CC3)C(=O)N(Cc3ccco3)C2=O)cc1. The summed E-state index contributed by atoms with van der Waals surface area (Å²) in [6, 6.07) is 11.2. The summed E-state index contributed by atoms with van der Waals surface area (Å²) in [5.74, 6) is 0.778. The maximum Gasteiger partial charge on any atom is 0.278 e. The summed E-state index contributed by atoms with van der Waals surface area (Å²) in [6.45, 7) is 4.76. The van der Waals surface area contributed by atoms with Crippen molar-refractivity contribution < 1.29 is 18.7 Å². The summed E-state index contributed by atoms with van der Waals surface area (Å²) in [4.78, 5) is 32.6. The minimum Gasteiger partial charge on any atom is -0.494 e. The van der Waals surface area contributed by atoms with E-state index in [-0.39, 0.29) is 24.4 Å². The van der Waals surface area contributed by atoms with Gasteiger partial charge in [0, 0.05) is 13.1 Å². The van der Waals surface area contributed by atoms with Crippen molar-refractivity contribution in [1.29, 1.82) is 0 Å². The van der Waals surface area contributed by atoms with Crippen LogP contribution in [0.4, 0.5) is 0 Å². The highest BCUT2D eigenvalue weighted by Gasteiger charge is 2.42. The number of carbonyl (C=O) groups is 2. The predicted molar refractivity (Wildman–Crippen MR) is 122 cm³/mol. The third-order valence-electron chi connectivity index (χ3n) is 6.24. The molecule has 0 atom stereocenters. The van der Waals surface area contributed by atoms with Gasteiger partial charge < -0.3 is 19.0 Å². The normalized spacial score (nSPS) is 18.0. The Morgan fingerprint density at radius 2 is 1.81 bits per heavy atom. The fourth-order valence-corrected chi connectivity index (χ4v) is 4.36. The van der Waals surface area contributed by atoms with Gasteiger partial charge in [-0.2, -0.15) is 0 Å². The van der Waals surface area contributed by atoms with E-state index in [2.05, 4.69) is 18.9 Å². The topological polar surface area (TPSA) is 66.2 Å². The van der Waals surface area contributed by atoms with Crippen LogP contribution in [0.25, 0.3) is 5.57 Å². The lowest BCUT2D eigenvalue weighted by Gasteiger charge is -2.36. The van der Waals surface area contributed by atoms with Gasteiger partial charge in [0.1, 0.15) is 17.2 Å². The first kappa shape index (κ1) is 22.1. The van der Waals surface area contributed by atoms with Gasteiger partial charge in [0.25, 0.3) is 11.8 Å². The fourth-order valence-electron chi connectivity index (χ4n) is 4.36. The van der Waals surface area contributed by atoms with E-state index in [0.717, 1.165) is 43.7 Å². The largest absolute Gasteiger partial charge is 0.494 e. The highest BCUT2D eigenvalue weighted by Crippen LogP contribution is 2.35.